The van der Waals surface area contributed by atoms with Crippen molar-refractivity contribution in [3.05, 3.63) is 18.0 Å². The number of H-pyrrole nitrogens is 1. The van der Waals surface area contributed by atoms with E-state index in [9.17, 15) is 4.79 Å². The van der Waals surface area contributed by atoms with Crippen molar-refractivity contribution in [2.45, 2.75) is 52.5 Å². The van der Waals surface area contributed by atoms with Gasteiger partial charge < -0.3 is 20.9 Å². The Kier molecular flexibility index (Phi) is 6.53. The second kappa shape index (κ2) is 8.27. The average Bonchev–Trinajstić information content (AvgIpc) is 2.96. The summed E-state index contributed by atoms with van der Waals surface area (Å²) < 4.78 is 0. The summed E-state index contributed by atoms with van der Waals surface area (Å²) in [4.78, 5) is 22.4. The lowest BCUT2D eigenvalue weighted by Gasteiger charge is -2.35. The van der Waals surface area contributed by atoms with Gasteiger partial charge in [-0.05, 0) is 24.3 Å². The van der Waals surface area contributed by atoms with Gasteiger partial charge in [0.1, 0.15) is 5.65 Å². The minimum absolute atomic E-state index is 0. The van der Waals surface area contributed by atoms with Crippen molar-refractivity contribution < 1.29 is 4.79 Å². The van der Waals surface area contributed by atoms with Gasteiger partial charge in [-0.25, -0.2) is 4.98 Å². The molecule has 1 amide bonds. The van der Waals surface area contributed by atoms with Crippen molar-refractivity contribution in [3.63, 3.8) is 0 Å². The van der Waals surface area contributed by atoms with Crippen LogP contribution in [0.25, 0.3) is 11.0 Å². The summed E-state index contributed by atoms with van der Waals surface area (Å²) in [6.45, 7) is 9.96. The largest absolute Gasteiger partial charge is 0.369 e. The van der Waals surface area contributed by atoms with Crippen LogP contribution in [0.1, 0.15) is 52.0 Å². The highest BCUT2D eigenvalue weighted by Crippen LogP contribution is 2.39. The zero-order valence-electron chi connectivity index (χ0n) is 16.0. The Morgan fingerprint density at radius 2 is 2.12 bits per heavy atom. The van der Waals surface area contributed by atoms with Gasteiger partial charge in [-0.2, -0.15) is 0 Å². The smallest absolute Gasteiger partial charge is 0.226 e. The minimum atomic E-state index is -0.0713. The van der Waals surface area contributed by atoms with Crippen LogP contribution in [-0.4, -0.2) is 35.0 Å². The van der Waals surface area contributed by atoms with E-state index in [1.807, 2.05) is 26.2 Å². The second-order valence-electron chi connectivity index (χ2n) is 7.64. The summed E-state index contributed by atoms with van der Waals surface area (Å²) >= 11 is 0. The molecule has 0 spiro atoms. The molecule has 4 N–H and O–H groups in total. The molecule has 26 heavy (non-hydrogen) atoms. The molecule has 2 aromatic heterocycles. The Morgan fingerprint density at radius 3 is 2.73 bits per heavy atom. The number of pyridine rings is 1. The molecule has 0 saturated carbocycles. The lowest BCUT2D eigenvalue weighted by molar-refractivity contribution is -0.118. The highest BCUT2D eigenvalue weighted by atomic mass is 35.5. The zero-order chi connectivity index (χ0) is 18.1. The molecule has 3 heterocycles. The molecule has 2 aromatic rings. The van der Waals surface area contributed by atoms with E-state index in [0.29, 0.717) is 5.92 Å². The van der Waals surface area contributed by atoms with Gasteiger partial charge in [-0.1, -0.05) is 27.7 Å². The van der Waals surface area contributed by atoms with E-state index >= 15 is 0 Å². The van der Waals surface area contributed by atoms with Gasteiger partial charge in [-0.3, -0.25) is 4.79 Å². The maximum Gasteiger partial charge on any atom is 0.226 e. The quantitative estimate of drug-likeness (QED) is 0.756. The number of nitrogens with zero attached hydrogens (tertiary/aromatic N) is 2. The summed E-state index contributed by atoms with van der Waals surface area (Å²) in [5.41, 5.74) is 10.2. The lowest BCUT2D eigenvalue weighted by atomic mass is 9.97. The first-order chi connectivity index (χ1) is 11.9. The number of aromatic amines is 1. The summed E-state index contributed by atoms with van der Waals surface area (Å²) in [6.07, 6.45) is 5.94. The van der Waals surface area contributed by atoms with E-state index in [2.05, 4.69) is 34.0 Å². The summed E-state index contributed by atoms with van der Waals surface area (Å²) in [6, 6.07) is 0.185. The first-order valence-corrected chi connectivity index (χ1v) is 9.19. The topological polar surface area (TPSA) is 87.0 Å². The van der Waals surface area contributed by atoms with Crippen molar-refractivity contribution in [1.29, 1.82) is 0 Å². The number of fused-ring (bicyclic) bond motifs is 1. The van der Waals surface area contributed by atoms with E-state index in [1.165, 1.54) is 5.56 Å². The minimum Gasteiger partial charge on any atom is -0.369 e. The molecule has 1 unspecified atom stereocenters. The number of carbonyl (C=O) groups is 1. The van der Waals surface area contributed by atoms with Crippen molar-refractivity contribution in [2.75, 3.05) is 23.3 Å². The van der Waals surface area contributed by atoms with Gasteiger partial charge in [0.25, 0.3) is 0 Å². The molecule has 1 aliphatic rings. The van der Waals surface area contributed by atoms with Crippen LogP contribution in [-0.2, 0) is 4.79 Å². The Balaban J connectivity index is 0.00000243. The molecule has 1 atom stereocenters. The molecule has 6 nitrogen and oxygen atoms in total. The summed E-state index contributed by atoms with van der Waals surface area (Å²) in [5.74, 6) is 0.281. The van der Waals surface area contributed by atoms with E-state index in [4.69, 9.17) is 5.73 Å². The Hall–Kier alpha value is -1.79. The molecule has 0 bridgehead atoms. The fourth-order valence-electron chi connectivity index (χ4n) is 3.45. The standard InChI is InChI=1S/C19H29N5O.ClH/c1-11(2)14-8-21-18-16(15(9-22-18)23-19(25)12(3)4)17(14)24-7-5-6-13(20)10-24;/h8-9,11-13H,5-7,10,20H2,1-4H3,(H,21,22)(H,23,25);1H. The van der Waals surface area contributed by atoms with Crippen molar-refractivity contribution >= 4 is 40.7 Å². The van der Waals surface area contributed by atoms with Gasteiger partial charge in [0.15, 0.2) is 0 Å². The van der Waals surface area contributed by atoms with Crippen LogP contribution in [0.15, 0.2) is 12.4 Å². The molecule has 7 heteroatoms. The number of carbonyl (C=O) groups excluding carboxylic acids is 1. The van der Waals surface area contributed by atoms with Crippen LogP contribution in [0.5, 0.6) is 0 Å². The Bertz CT molecular complexity index is 771. The number of halogens is 1. The van der Waals surface area contributed by atoms with Crippen LogP contribution in [0.3, 0.4) is 0 Å². The fraction of sp³-hybridized carbons (Fsp3) is 0.579. The Morgan fingerprint density at radius 1 is 1.38 bits per heavy atom. The lowest BCUT2D eigenvalue weighted by Crippen LogP contribution is -2.43. The number of anilines is 2. The third-order valence-corrected chi connectivity index (χ3v) is 4.88. The normalized spacial score (nSPS) is 17.7. The third kappa shape index (κ3) is 3.96. The molecular weight excluding hydrogens is 350 g/mol. The van der Waals surface area contributed by atoms with E-state index in [-0.39, 0.29) is 30.3 Å². The average molecular weight is 380 g/mol. The van der Waals surface area contributed by atoms with Gasteiger partial charge >= 0.3 is 0 Å². The maximum absolute atomic E-state index is 12.2. The van der Waals surface area contributed by atoms with Crippen molar-refractivity contribution in [3.8, 4) is 0 Å². The molecule has 1 aliphatic heterocycles. The summed E-state index contributed by atoms with van der Waals surface area (Å²) in [7, 11) is 0. The number of hydrogen-bond donors (Lipinski definition) is 3. The molecular formula is C19H30ClN5O. The van der Waals surface area contributed by atoms with Gasteiger partial charge in [0, 0.05) is 37.4 Å². The van der Waals surface area contributed by atoms with Crippen LogP contribution < -0.4 is 16.0 Å². The van der Waals surface area contributed by atoms with Gasteiger partial charge in [0.2, 0.25) is 5.91 Å². The number of rotatable bonds is 4. The molecule has 144 valence electrons. The van der Waals surface area contributed by atoms with E-state index in [0.717, 1.165) is 48.3 Å². The van der Waals surface area contributed by atoms with Gasteiger partial charge in [-0.15, -0.1) is 12.4 Å². The van der Waals surface area contributed by atoms with E-state index in [1.54, 1.807) is 0 Å². The van der Waals surface area contributed by atoms with Gasteiger partial charge in [0.05, 0.1) is 16.8 Å². The van der Waals surface area contributed by atoms with Crippen LogP contribution in [0.2, 0.25) is 0 Å². The molecule has 1 saturated heterocycles. The highest BCUT2D eigenvalue weighted by Gasteiger charge is 2.25. The van der Waals surface area contributed by atoms with Crippen molar-refractivity contribution in [2.24, 2.45) is 11.7 Å². The number of aromatic nitrogens is 2. The number of nitrogens with two attached hydrogens (primary N) is 1. The van der Waals surface area contributed by atoms with Crippen LogP contribution >= 0.6 is 12.4 Å². The SMILES string of the molecule is CC(C)C(=O)Nc1c[nH]c2ncc(C(C)C)c(N3CCCC(N)C3)c12.Cl. The number of amides is 1. The highest BCUT2D eigenvalue weighted by molar-refractivity contribution is 6.07. The number of nitrogens with one attached hydrogen (secondary N) is 2. The first-order valence-electron chi connectivity index (χ1n) is 9.19. The van der Waals surface area contributed by atoms with Crippen LogP contribution in [0.4, 0.5) is 11.4 Å². The molecule has 0 radical (unpaired) electrons. The first kappa shape index (κ1) is 20.5. The maximum atomic E-state index is 12.2. The predicted octanol–water partition coefficient (Wildman–Crippen LogP) is 3.63. The monoisotopic (exact) mass is 379 g/mol. The predicted molar refractivity (Wildman–Crippen MR) is 110 cm³/mol. The van der Waals surface area contributed by atoms with Crippen molar-refractivity contribution in [1.82, 2.24) is 9.97 Å². The Labute approximate surface area is 161 Å². The zero-order valence-corrected chi connectivity index (χ0v) is 16.8. The number of hydrogen-bond acceptors (Lipinski definition) is 4. The molecule has 0 aromatic carbocycles. The fourth-order valence-corrected chi connectivity index (χ4v) is 3.45. The second-order valence-corrected chi connectivity index (χ2v) is 7.64. The third-order valence-electron chi connectivity index (χ3n) is 4.88. The van der Waals surface area contributed by atoms with Crippen LogP contribution in [0, 0.1) is 5.92 Å². The van der Waals surface area contributed by atoms with E-state index < -0.39 is 0 Å². The molecule has 0 aliphatic carbocycles. The molecule has 1 fully saturated rings. The molecule has 3 rings (SSSR count). The summed E-state index contributed by atoms with van der Waals surface area (Å²) in [5, 5.41) is 4.05. The number of piperidine rings is 1.